The molecule has 12 atom stereocenters. The molecule has 2 aromatic rings. The summed E-state index contributed by atoms with van der Waals surface area (Å²) in [6.45, 7) is 4.26. The summed E-state index contributed by atoms with van der Waals surface area (Å²) in [7, 11) is 0. The Morgan fingerprint density at radius 3 is 1.62 bits per heavy atom. The summed E-state index contributed by atoms with van der Waals surface area (Å²) >= 11 is 0. The summed E-state index contributed by atoms with van der Waals surface area (Å²) in [6.07, 6.45) is -2.91. The van der Waals surface area contributed by atoms with Crippen LogP contribution in [-0.2, 0) is 60.9 Å². The molecule has 0 saturated carbocycles. The van der Waals surface area contributed by atoms with Crippen LogP contribution in [0.1, 0.15) is 83.8 Å². The number of nitrogens with two attached hydrogens (primary N) is 5. The highest BCUT2D eigenvalue weighted by Gasteiger charge is 2.39. The van der Waals surface area contributed by atoms with Gasteiger partial charge in [-0.2, -0.15) is 0 Å². The molecule has 0 spiro atoms. The van der Waals surface area contributed by atoms with E-state index < -0.39 is 150 Å². The number of benzene rings is 2. The number of aliphatic hydroxyl groups excluding tert-OH is 1. The first-order valence-electron chi connectivity index (χ1n) is 28.0. The van der Waals surface area contributed by atoms with E-state index in [2.05, 4.69) is 63.8 Å². The van der Waals surface area contributed by atoms with Gasteiger partial charge >= 0.3 is 6.03 Å². The second-order valence-corrected chi connectivity index (χ2v) is 20.5. The van der Waals surface area contributed by atoms with Gasteiger partial charge in [0.1, 0.15) is 54.4 Å². The van der Waals surface area contributed by atoms with Crippen molar-refractivity contribution in [3.8, 4) is 0 Å². The molecule has 0 unspecified atom stereocenters. The maximum absolute atomic E-state index is 14.5. The number of hydrogen-bond acceptors (Lipinski definition) is 18. The van der Waals surface area contributed by atoms with Gasteiger partial charge in [-0.25, -0.2) is 4.79 Å². The molecule has 30 heteroatoms. The summed E-state index contributed by atoms with van der Waals surface area (Å²) in [6, 6.07) is 3.22. The van der Waals surface area contributed by atoms with Crippen molar-refractivity contribution < 1.29 is 63.0 Å². The first kappa shape index (κ1) is 70.4. The quantitative estimate of drug-likeness (QED) is 0.0465. The number of rotatable bonds is 24. The van der Waals surface area contributed by atoms with Crippen LogP contribution in [0.15, 0.2) is 60.7 Å². The van der Waals surface area contributed by atoms with Gasteiger partial charge in [0.05, 0.1) is 6.10 Å². The van der Waals surface area contributed by atoms with Crippen molar-refractivity contribution in [2.24, 2.45) is 34.6 Å². The first-order valence-corrected chi connectivity index (χ1v) is 28.0. The van der Waals surface area contributed by atoms with Crippen LogP contribution in [0, 0.1) is 5.92 Å². The second-order valence-electron chi connectivity index (χ2n) is 20.5. The van der Waals surface area contributed by atoms with Crippen LogP contribution < -0.4 is 92.5 Å². The van der Waals surface area contributed by atoms with Gasteiger partial charge in [-0.15, -0.1) is 0 Å². The van der Waals surface area contributed by atoms with Crippen molar-refractivity contribution >= 4 is 65.1 Å². The predicted molar refractivity (Wildman–Crippen MR) is 307 cm³/mol. The average molecular weight is 1180 g/mol. The molecule has 12 amide bonds. The fourth-order valence-corrected chi connectivity index (χ4v) is 8.61. The van der Waals surface area contributed by atoms with Crippen LogP contribution in [0.2, 0.25) is 0 Å². The minimum atomic E-state index is -2.71. The fourth-order valence-electron chi connectivity index (χ4n) is 8.61. The molecule has 30 nitrogen and oxygen atoms in total. The summed E-state index contributed by atoms with van der Waals surface area (Å²) in [5.41, 5.74) is 27.8. The standard InChI is InChI=1S/C54H87N17O13/c1-5-30(2)41-50(80)65-35(17-23-56)43(73)63-38(20-26-59)49(79)71-54(4,84)52(82)60-27-21-39(46(76)62-34(16-22-55)45(75)67-40(48(78)69-41)28-32-12-8-6-9-13-32)64-44(74)36(18-24-57)66-51(81)42(31(3)72)70-47(77)37(19-25-58)68-53(83)61-29-33-14-10-7-11-15-33/h6-15,30-31,34-42,72,84H,5,16-29,55-59H2,1-4H3,(H,60,82)(H,62,76)(H,63,73)(H,64,74)(H,65,80)(H,66,81)(H,67,75)(H,69,78)(H,70,77)(H,71,79)(H2,61,68,83)/t30-,31+,34-,35-,36-,37-,38-,39-,40+,41-,42-,54-/m0/s1. The number of urea groups is 1. The SMILES string of the molecule is CC[C@H](C)[C@@H]1NC(=O)[C@@H](Cc2ccccc2)NC(=O)[C@H](CCN)NC(=O)[C@@H](NC(=O)[C@H](CCN)NC(=O)[C@@H](NC(=O)[C@H](CCN)NC(=O)NCc2ccccc2)[C@@H](C)O)CCNC(=O)[C@](C)(O)NC(=O)[C@H](CCN)NC(=O)[C@H](CCN)NC1=O. The Hall–Kier alpha value is -7.87. The lowest BCUT2D eigenvalue weighted by atomic mass is 9.96. The Morgan fingerprint density at radius 2 is 1.10 bits per heavy atom. The molecule has 0 bridgehead atoms. The minimum Gasteiger partial charge on any atom is -0.391 e. The van der Waals surface area contributed by atoms with E-state index in [1.54, 1.807) is 74.5 Å². The van der Waals surface area contributed by atoms with Crippen molar-refractivity contribution in [2.75, 3.05) is 39.3 Å². The maximum atomic E-state index is 14.5. The van der Waals surface area contributed by atoms with Crippen LogP contribution in [0.3, 0.4) is 0 Å². The maximum Gasteiger partial charge on any atom is 0.315 e. The molecule has 1 heterocycles. The van der Waals surface area contributed by atoms with E-state index >= 15 is 0 Å². The van der Waals surface area contributed by atoms with E-state index in [-0.39, 0.29) is 77.8 Å². The number of hydrogen-bond donors (Lipinski definition) is 19. The van der Waals surface area contributed by atoms with E-state index in [0.717, 1.165) is 12.5 Å². The zero-order chi connectivity index (χ0) is 62.5. The Labute approximate surface area is 487 Å². The number of amides is 12. The van der Waals surface area contributed by atoms with Crippen molar-refractivity contribution in [3.05, 3.63) is 71.8 Å². The highest BCUT2D eigenvalue weighted by atomic mass is 16.3. The van der Waals surface area contributed by atoms with Gasteiger partial charge in [0.2, 0.25) is 58.9 Å². The third-order valence-electron chi connectivity index (χ3n) is 13.7. The second kappa shape index (κ2) is 36.0. The highest BCUT2D eigenvalue weighted by molar-refractivity contribution is 5.99. The Bertz CT molecular complexity index is 2510. The minimum absolute atomic E-state index is 0.0769. The van der Waals surface area contributed by atoms with E-state index in [1.807, 2.05) is 0 Å². The lowest BCUT2D eigenvalue weighted by Gasteiger charge is -2.30. The van der Waals surface area contributed by atoms with Gasteiger partial charge in [0.15, 0.2) is 0 Å². The molecule has 2 aromatic carbocycles. The van der Waals surface area contributed by atoms with E-state index in [0.29, 0.717) is 12.0 Å². The lowest BCUT2D eigenvalue weighted by Crippen LogP contribution is -2.63. The summed E-state index contributed by atoms with van der Waals surface area (Å²) in [4.78, 5) is 153. The van der Waals surface area contributed by atoms with E-state index in [1.165, 1.54) is 6.92 Å². The van der Waals surface area contributed by atoms with Gasteiger partial charge in [-0.3, -0.25) is 47.9 Å². The topological polar surface area (TPSA) is 503 Å². The number of carbonyl (C=O) groups excluding carboxylic acids is 11. The smallest absolute Gasteiger partial charge is 0.315 e. The molecule has 0 aliphatic carbocycles. The molecule has 3 rings (SSSR count). The normalized spacial score (nSPS) is 23.3. The van der Waals surface area contributed by atoms with Crippen molar-refractivity contribution in [1.82, 2.24) is 63.8 Å². The average Bonchev–Trinajstić information content (AvgIpc) is 3.59. The van der Waals surface area contributed by atoms with Crippen LogP contribution in [0.5, 0.6) is 0 Å². The van der Waals surface area contributed by atoms with E-state index in [4.69, 9.17) is 28.7 Å². The van der Waals surface area contributed by atoms with Gasteiger partial charge in [-0.05, 0) is 102 Å². The zero-order valence-electron chi connectivity index (χ0n) is 48.0. The van der Waals surface area contributed by atoms with E-state index in [9.17, 15) is 63.0 Å². The number of aliphatic hydroxyl groups is 2. The number of nitrogens with one attached hydrogen (secondary N) is 12. The third-order valence-corrected chi connectivity index (χ3v) is 13.7. The van der Waals surface area contributed by atoms with Crippen LogP contribution in [-0.4, -0.2) is 181 Å². The van der Waals surface area contributed by atoms with Crippen LogP contribution >= 0.6 is 0 Å². The van der Waals surface area contributed by atoms with Gasteiger partial charge in [-0.1, -0.05) is 80.9 Å². The zero-order valence-corrected chi connectivity index (χ0v) is 48.0. The molecule has 1 fully saturated rings. The molecule has 1 aliphatic rings. The van der Waals surface area contributed by atoms with Crippen LogP contribution in [0.25, 0.3) is 0 Å². The molecular formula is C54H87N17O13. The monoisotopic (exact) mass is 1180 g/mol. The molecule has 1 saturated heterocycles. The molecule has 466 valence electrons. The molecule has 0 aromatic heterocycles. The fraction of sp³-hybridized carbons (Fsp3) is 0.574. The van der Waals surface area contributed by atoms with Gasteiger partial charge in [0.25, 0.3) is 5.91 Å². The van der Waals surface area contributed by atoms with Gasteiger partial charge in [0, 0.05) is 19.5 Å². The van der Waals surface area contributed by atoms with Crippen molar-refractivity contribution in [3.63, 3.8) is 0 Å². The largest absolute Gasteiger partial charge is 0.391 e. The highest BCUT2D eigenvalue weighted by Crippen LogP contribution is 2.13. The molecule has 0 radical (unpaired) electrons. The molecule has 84 heavy (non-hydrogen) atoms. The van der Waals surface area contributed by atoms with Crippen molar-refractivity contribution in [1.29, 1.82) is 0 Å². The van der Waals surface area contributed by atoms with Crippen LogP contribution in [0.4, 0.5) is 4.79 Å². The summed E-state index contributed by atoms with van der Waals surface area (Å²) < 4.78 is 0. The Balaban J connectivity index is 2.05. The molecule has 1 aliphatic heterocycles. The molecule has 24 N–H and O–H groups in total. The molecular weight excluding hydrogens is 1090 g/mol. The number of carbonyl (C=O) groups is 11. The lowest BCUT2D eigenvalue weighted by molar-refractivity contribution is -0.148. The summed E-state index contributed by atoms with van der Waals surface area (Å²) in [5, 5.41) is 52.0. The first-order chi connectivity index (χ1) is 39.9. The van der Waals surface area contributed by atoms with Crippen molar-refractivity contribution in [2.45, 2.75) is 152 Å². The van der Waals surface area contributed by atoms with Gasteiger partial charge < -0.3 is 103 Å². The Morgan fingerprint density at radius 1 is 0.607 bits per heavy atom. The predicted octanol–water partition coefficient (Wildman–Crippen LogP) is -6.51. The summed E-state index contributed by atoms with van der Waals surface area (Å²) in [5.74, 6) is -10.5. The Kier molecular flexibility index (Phi) is 30.1. The third kappa shape index (κ3) is 23.1.